The standard InChI is InChI=1S/C13H21N3O2S2/c1-9-5-6-11(13(14)19)7-12(9)20(17,18)15-8-10(2)16(3)4/h5-7,10,15H,8H2,1-4H3,(H2,14,19). The van der Waals surface area contributed by atoms with E-state index in [1.807, 2.05) is 25.9 Å². The molecule has 1 rings (SSSR count). The van der Waals surface area contributed by atoms with E-state index < -0.39 is 10.0 Å². The van der Waals surface area contributed by atoms with E-state index in [-0.39, 0.29) is 15.9 Å². The SMILES string of the molecule is Cc1ccc(C(N)=S)cc1S(=O)(=O)NCC(C)N(C)C. The quantitative estimate of drug-likeness (QED) is 0.762. The van der Waals surface area contributed by atoms with Gasteiger partial charge in [-0.05, 0) is 39.6 Å². The van der Waals surface area contributed by atoms with Gasteiger partial charge in [0, 0.05) is 18.2 Å². The van der Waals surface area contributed by atoms with Crippen molar-refractivity contribution < 1.29 is 8.42 Å². The minimum atomic E-state index is -3.57. The first kappa shape index (κ1) is 17.0. The fourth-order valence-corrected chi connectivity index (χ4v) is 3.05. The van der Waals surface area contributed by atoms with Crippen LogP contribution in [-0.4, -0.2) is 45.0 Å². The van der Waals surface area contributed by atoms with Gasteiger partial charge in [-0.15, -0.1) is 0 Å². The molecule has 0 amide bonds. The van der Waals surface area contributed by atoms with Gasteiger partial charge in [0.25, 0.3) is 0 Å². The van der Waals surface area contributed by atoms with E-state index in [2.05, 4.69) is 4.72 Å². The molecular formula is C13H21N3O2S2. The normalized spacial score (nSPS) is 13.4. The lowest BCUT2D eigenvalue weighted by Gasteiger charge is -2.20. The lowest BCUT2D eigenvalue weighted by Crippen LogP contribution is -2.38. The average molecular weight is 315 g/mol. The largest absolute Gasteiger partial charge is 0.389 e. The van der Waals surface area contributed by atoms with Crippen LogP contribution in [0.15, 0.2) is 23.1 Å². The van der Waals surface area contributed by atoms with Gasteiger partial charge in [0.2, 0.25) is 10.0 Å². The molecule has 7 heteroatoms. The summed E-state index contributed by atoms with van der Waals surface area (Å²) >= 11 is 4.88. The first-order chi connectivity index (χ1) is 9.15. The highest BCUT2D eigenvalue weighted by Crippen LogP contribution is 2.17. The summed E-state index contributed by atoms with van der Waals surface area (Å²) in [6.07, 6.45) is 0. The van der Waals surface area contributed by atoms with Crippen LogP contribution >= 0.6 is 12.2 Å². The minimum absolute atomic E-state index is 0.101. The van der Waals surface area contributed by atoms with Crippen LogP contribution in [0.5, 0.6) is 0 Å². The van der Waals surface area contributed by atoms with Gasteiger partial charge < -0.3 is 10.6 Å². The van der Waals surface area contributed by atoms with E-state index in [1.54, 1.807) is 19.1 Å². The molecule has 0 saturated carbocycles. The van der Waals surface area contributed by atoms with Crippen LogP contribution in [0.1, 0.15) is 18.1 Å². The van der Waals surface area contributed by atoms with Crippen molar-refractivity contribution in [1.82, 2.24) is 9.62 Å². The summed E-state index contributed by atoms with van der Waals surface area (Å²) in [4.78, 5) is 2.35. The van der Waals surface area contributed by atoms with Gasteiger partial charge in [0.15, 0.2) is 0 Å². The highest BCUT2D eigenvalue weighted by Gasteiger charge is 2.19. The Hall–Kier alpha value is -1.02. The number of nitrogens with one attached hydrogen (secondary N) is 1. The Morgan fingerprint density at radius 1 is 1.45 bits per heavy atom. The lowest BCUT2D eigenvalue weighted by atomic mass is 10.1. The molecule has 1 unspecified atom stereocenters. The van der Waals surface area contributed by atoms with Gasteiger partial charge in [-0.25, -0.2) is 13.1 Å². The molecule has 3 N–H and O–H groups in total. The van der Waals surface area contributed by atoms with E-state index in [9.17, 15) is 8.42 Å². The molecule has 5 nitrogen and oxygen atoms in total. The average Bonchev–Trinajstić information content (AvgIpc) is 2.35. The maximum Gasteiger partial charge on any atom is 0.240 e. The smallest absolute Gasteiger partial charge is 0.240 e. The molecule has 0 spiro atoms. The maximum absolute atomic E-state index is 12.3. The molecule has 0 radical (unpaired) electrons. The van der Waals surface area contributed by atoms with Gasteiger partial charge >= 0.3 is 0 Å². The van der Waals surface area contributed by atoms with Crippen molar-refractivity contribution >= 4 is 27.2 Å². The highest BCUT2D eigenvalue weighted by atomic mass is 32.2. The van der Waals surface area contributed by atoms with Crippen molar-refractivity contribution in [2.45, 2.75) is 24.8 Å². The zero-order valence-corrected chi connectivity index (χ0v) is 13.8. The van der Waals surface area contributed by atoms with Crippen molar-refractivity contribution in [2.75, 3.05) is 20.6 Å². The topological polar surface area (TPSA) is 75.4 Å². The monoisotopic (exact) mass is 315 g/mol. The summed E-state index contributed by atoms with van der Waals surface area (Å²) in [6, 6.07) is 5.04. The van der Waals surface area contributed by atoms with Crippen LogP contribution in [0.3, 0.4) is 0 Å². The van der Waals surface area contributed by atoms with Gasteiger partial charge in [-0.3, -0.25) is 0 Å². The Labute approximate surface area is 126 Å². The summed E-state index contributed by atoms with van der Waals surface area (Å²) < 4.78 is 27.3. The van der Waals surface area contributed by atoms with Crippen LogP contribution in [0.25, 0.3) is 0 Å². The number of benzene rings is 1. The van der Waals surface area contributed by atoms with Gasteiger partial charge in [-0.2, -0.15) is 0 Å². The van der Waals surface area contributed by atoms with E-state index in [0.29, 0.717) is 17.7 Å². The summed E-state index contributed by atoms with van der Waals surface area (Å²) in [7, 11) is 0.234. The van der Waals surface area contributed by atoms with E-state index >= 15 is 0 Å². The Morgan fingerprint density at radius 2 is 2.05 bits per heavy atom. The fourth-order valence-electron chi connectivity index (χ4n) is 1.53. The molecule has 1 atom stereocenters. The predicted molar refractivity (Wildman–Crippen MR) is 85.4 cm³/mol. The molecule has 0 heterocycles. The number of nitrogens with zero attached hydrogens (tertiary/aromatic N) is 1. The van der Waals surface area contributed by atoms with Crippen LogP contribution in [-0.2, 0) is 10.0 Å². The Bertz CT molecular complexity index is 598. The summed E-state index contributed by atoms with van der Waals surface area (Å²) in [5.41, 5.74) is 6.76. The number of rotatable bonds is 6. The molecule has 0 fully saturated rings. The molecule has 112 valence electrons. The number of thiocarbonyl (C=S) groups is 1. The van der Waals surface area contributed by atoms with Crippen LogP contribution in [0.2, 0.25) is 0 Å². The Balaban J connectivity index is 3.03. The number of hydrogen-bond donors (Lipinski definition) is 2. The number of sulfonamides is 1. The fraction of sp³-hybridized carbons (Fsp3) is 0.462. The molecule has 0 aliphatic rings. The Morgan fingerprint density at radius 3 is 2.55 bits per heavy atom. The third-order valence-electron chi connectivity index (χ3n) is 3.21. The van der Waals surface area contributed by atoms with Crippen molar-refractivity contribution in [1.29, 1.82) is 0 Å². The van der Waals surface area contributed by atoms with Gasteiger partial charge in [0.05, 0.1) is 4.90 Å². The molecule has 20 heavy (non-hydrogen) atoms. The summed E-state index contributed by atoms with van der Waals surface area (Å²) in [5, 5.41) is 0. The first-order valence-electron chi connectivity index (χ1n) is 6.21. The summed E-state index contributed by atoms with van der Waals surface area (Å²) in [6.45, 7) is 4.03. The summed E-state index contributed by atoms with van der Waals surface area (Å²) in [5.74, 6) is 0. The van der Waals surface area contributed by atoms with Crippen molar-refractivity contribution in [3.05, 3.63) is 29.3 Å². The molecule has 0 aromatic heterocycles. The van der Waals surface area contributed by atoms with Crippen LogP contribution in [0.4, 0.5) is 0 Å². The minimum Gasteiger partial charge on any atom is -0.389 e. The third kappa shape index (κ3) is 4.24. The molecule has 0 aliphatic heterocycles. The molecule has 1 aromatic rings. The van der Waals surface area contributed by atoms with E-state index in [1.165, 1.54) is 6.07 Å². The zero-order valence-electron chi connectivity index (χ0n) is 12.2. The van der Waals surface area contributed by atoms with Gasteiger partial charge in [-0.1, -0.05) is 24.4 Å². The highest BCUT2D eigenvalue weighted by molar-refractivity contribution is 7.89. The number of hydrogen-bond acceptors (Lipinski definition) is 4. The van der Waals surface area contributed by atoms with E-state index in [0.717, 1.165) is 0 Å². The first-order valence-corrected chi connectivity index (χ1v) is 8.11. The second kappa shape index (κ2) is 6.62. The molecular weight excluding hydrogens is 294 g/mol. The number of likely N-dealkylation sites (N-methyl/N-ethyl adjacent to an activating group) is 1. The molecule has 0 bridgehead atoms. The maximum atomic E-state index is 12.3. The van der Waals surface area contributed by atoms with E-state index in [4.69, 9.17) is 18.0 Å². The van der Waals surface area contributed by atoms with Crippen LogP contribution < -0.4 is 10.5 Å². The van der Waals surface area contributed by atoms with Crippen molar-refractivity contribution in [3.63, 3.8) is 0 Å². The predicted octanol–water partition coefficient (Wildman–Crippen LogP) is 0.858. The van der Waals surface area contributed by atoms with Crippen molar-refractivity contribution in [2.24, 2.45) is 5.73 Å². The van der Waals surface area contributed by atoms with Crippen LogP contribution in [0, 0.1) is 6.92 Å². The second-order valence-electron chi connectivity index (χ2n) is 5.01. The molecule has 0 saturated heterocycles. The van der Waals surface area contributed by atoms with Gasteiger partial charge in [0.1, 0.15) is 4.99 Å². The second-order valence-corrected chi connectivity index (χ2v) is 7.18. The lowest BCUT2D eigenvalue weighted by molar-refractivity contribution is 0.314. The number of aryl methyl sites for hydroxylation is 1. The molecule has 1 aromatic carbocycles. The third-order valence-corrected chi connectivity index (χ3v) is 5.01. The Kier molecular flexibility index (Phi) is 5.64. The zero-order chi connectivity index (χ0) is 15.5. The number of nitrogens with two attached hydrogens (primary N) is 1. The van der Waals surface area contributed by atoms with Crippen molar-refractivity contribution in [3.8, 4) is 0 Å². The molecule has 0 aliphatic carbocycles.